The summed E-state index contributed by atoms with van der Waals surface area (Å²) >= 11 is 0. The highest BCUT2D eigenvalue weighted by molar-refractivity contribution is 5.79. The second kappa shape index (κ2) is 6.64. The Morgan fingerprint density at radius 1 is 1.22 bits per heavy atom. The quantitative estimate of drug-likeness (QED) is 0.777. The van der Waals surface area contributed by atoms with Crippen molar-refractivity contribution >= 4 is 11.9 Å². The zero-order chi connectivity index (χ0) is 13.5. The molecule has 1 N–H and O–H groups in total. The van der Waals surface area contributed by atoms with E-state index in [1.165, 1.54) is 7.11 Å². The van der Waals surface area contributed by atoms with Crippen LogP contribution in [0.15, 0.2) is 24.3 Å². The molecule has 5 nitrogen and oxygen atoms in total. The van der Waals surface area contributed by atoms with E-state index in [4.69, 9.17) is 9.84 Å². The standard InChI is InChI=1S/C13H16O5/c1-17-11-5-3-9(4-6-11)7-10(8-12(14)15)13(16)18-2/h3-6,10H,7-8H2,1-2H3,(H,14,15)/t10-/m0/s1. The van der Waals surface area contributed by atoms with Crippen LogP contribution in [0.4, 0.5) is 0 Å². The minimum absolute atomic E-state index is 0.237. The molecular formula is C13H16O5. The number of hydrogen-bond acceptors (Lipinski definition) is 4. The SMILES string of the molecule is COC(=O)[C@H](CC(=O)O)Cc1ccc(OC)cc1. The van der Waals surface area contributed by atoms with Gasteiger partial charge in [0, 0.05) is 0 Å². The Hall–Kier alpha value is -2.04. The first-order chi connectivity index (χ1) is 8.56. The molecule has 1 atom stereocenters. The summed E-state index contributed by atoms with van der Waals surface area (Å²) in [6.07, 6.45) is 0.0989. The zero-order valence-corrected chi connectivity index (χ0v) is 10.4. The first-order valence-corrected chi connectivity index (χ1v) is 5.49. The molecule has 0 heterocycles. The average molecular weight is 252 g/mol. The first kappa shape index (κ1) is 14.0. The summed E-state index contributed by atoms with van der Waals surface area (Å²) in [4.78, 5) is 22.2. The predicted molar refractivity (Wildman–Crippen MR) is 64.5 cm³/mol. The Kier molecular flexibility index (Phi) is 5.17. The molecule has 0 spiro atoms. The van der Waals surface area contributed by atoms with Gasteiger partial charge in [0.1, 0.15) is 5.75 Å². The van der Waals surface area contributed by atoms with Gasteiger partial charge in [-0.3, -0.25) is 9.59 Å². The van der Waals surface area contributed by atoms with Crippen LogP contribution in [0.5, 0.6) is 5.75 Å². The Labute approximate surface area is 105 Å². The van der Waals surface area contributed by atoms with Crippen molar-refractivity contribution in [1.82, 2.24) is 0 Å². The predicted octanol–water partition coefficient (Wildman–Crippen LogP) is 1.50. The number of methoxy groups -OCH3 is 2. The maximum absolute atomic E-state index is 11.5. The largest absolute Gasteiger partial charge is 0.497 e. The molecule has 0 fully saturated rings. The number of carboxylic acid groups (broad SMARTS) is 1. The van der Waals surface area contributed by atoms with Gasteiger partial charge in [-0.05, 0) is 24.1 Å². The molecule has 0 aliphatic carbocycles. The summed E-state index contributed by atoms with van der Waals surface area (Å²) < 4.78 is 9.62. The van der Waals surface area contributed by atoms with Crippen molar-refractivity contribution in [2.75, 3.05) is 14.2 Å². The minimum atomic E-state index is -1.01. The highest BCUT2D eigenvalue weighted by Gasteiger charge is 2.22. The molecule has 1 rings (SSSR count). The summed E-state index contributed by atoms with van der Waals surface area (Å²) in [7, 11) is 2.82. The van der Waals surface area contributed by atoms with Crippen molar-refractivity contribution in [3.63, 3.8) is 0 Å². The maximum atomic E-state index is 11.5. The number of carbonyl (C=O) groups excluding carboxylic acids is 1. The van der Waals surface area contributed by atoms with Crippen LogP contribution in [0.25, 0.3) is 0 Å². The molecule has 5 heteroatoms. The van der Waals surface area contributed by atoms with Gasteiger partial charge in [-0.15, -0.1) is 0 Å². The van der Waals surface area contributed by atoms with Crippen molar-refractivity contribution in [2.24, 2.45) is 5.92 Å². The lowest BCUT2D eigenvalue weighted by Crippen LogP contribution is -2.22. The van der Waals surface area contributed by atoms with Gasteiger partial charge in [0.25, 0.3) is 0 Å². The second-order valence-corrected chi connectivity index (χ2v) is 3.87. The van der Waals surface area contributed by atoms with Crippen molar-refractivity contribution in [3.8, 4) is 5.75 Å². The Morgan fingerprint density at radius 2 is 1.83 bits per heavy atom. The molecule has 0 amide bonds. The number of carbonyl (C=O) groups is 2. The van der Waals surface area contributed by atoms with Crippen LogP contribution in [0.2, 0.25) is 0 Å². The Balaban J connectivity index is 2.75. The van der Waals surface area contributed by atoms with Gasteiger partial charge in [-0.2, -0.15) is 0 Å². The fraction of sp³-hybridized carbons (Fsp3) is 0.385. The van der Waals surface area contributed by atoms with Crippen LogP contribution < -0.4 is 4.74 Å². The molecule has 1 aromatic rings. The van der Waals surface area contributed by atoms with Crippen molar-refractivity contribution in [2.45, 2.75) is 12.8 Å². The van der Waals surface area contributed by atoms with E-state index in [-0.39, 0.29) is 6.42 Å². The number of rotatable bonds is 6. The van der Waals surface area contributed by atoms with Crippen LogP contribution in [-0.2, 0) is 20.7 Å². The number of ether oxygens (including phenoxy) is 2. The highest BCUT2D eigenvalue weighted by atomic mass is 16.5. The van der Waals surface area contributed by atoms with Gasteiger partial charge < -0.3 is 14.6 Å². The molecule has 1 aromatic carbocycles. The lowest BCUT2D eigenvalue weighted by Gasteiger charge is -2.12. The maximum Gasteiger partial charge on any atom is 0.309 e. The fourth-order valence-corrected chi connectivity index (χ4v) is 1.66. The molecule has 0 bridgehead atoms. The number of aliphatic carboxylic acids is 1. The summed E-state index contributed by atoms with van der Waals surface area (Å²) in [5.74, 6) is -1.47. The third kappa shape index (κ3) is 4.08. The van der Waals surface area contributed by atoms with Gasteiger partial charge in [0.2, 0.25) is 0 Å². The van der Waals surface area contributed by atoms with Crippen molar-refractivity contribution < 1.29 is 24.2 Å². The van der Waals surface area contributed by atoms with Crippen molar-refractivity contribution in [1.29, 1.82) is 0 Å². The molecule has 0 saturated carbocycles. The molecule has 0 radical (unpaired) electrons. The fourth-order valence-electron chi connectivity index (χ4n) is 1.66. The summed E-state index contributed by atoms with van der Waals surface area (Å²) in [6, 6.07) is 7.14. The third-order valence-electron chi connectivity index (χ3n) is 2.60. The van der Waals surface area contributed by atoms with E-state index < -0.39 is 17.9 Å². The van der Waals surface area contributed by atoms with E-state index in [9.17, 15) is 9.59 Å². The topological polar surface area (TPSA) is 72.8 Å². The van der Waals surface area contributed by atoms with E-state index in [1.807, 2.05) is 0 Å². The van der Waals surface area contributed by atoms with Crippen LogP contribution in [-0.4, -0.2) is 31.3 Å². The summed E-state index contributed by atoms with van der Waals surface area (Å²) in [6.45, 7) is 0. The van der Waals surface area contributed by atoms with E-state index in [0.717, 1.165) is 5.56 Å². The normalized spacial score (nSPS) is 11.7. The third-order valence-corrected chi connectivity index (χ3v) is 2.60. The molecule has 0 aromatic heterocycles. The van der Waals surface area contributed by atoms with Gasteiger partial charge in [0.15, 0.2) is 0 Å². The lowest BCUT2D eigenvalue weighted by molar-refractivity contribution is -0.150. The van der Waals surface area contributed by atoms with Crippen LogP contribution >= 0.6 is 0 Å². The average Bonchev–Trinajstić information content (AvgIpc) is 2.37. The van der Waals surface area contributed by atoms with E-state index >= 15 is 0 Å². The number of carboxylic acids is 1. The number of benzene rings is 1. The van der Waals surface area contributed by atoms with Gasteiger partial charge in [0.05, 0.1) is 26.6 Å². The van der Waals surface area contributed by atoms with Crippen LogP contribution in [0.3, 0.4) is 0 Å². The molecule has 98 valence electrons. The monoisotopic (exact) mass is 252 g/mol. The molecule has 0 unspecified atom stereocenters. The molecule has 0 saturated heterocycles. The van der Waals surface area contributed by atoms with Crippen LogP contribution in [0, 0.1) is 5.92 Å². The molecule has 0 aliphatic heterocycles. The zero-order valence-electron chi connectivity index (χ0n) is 10.4. The Bertz CT molecular complexity index is 410. The second-order valence-electron chi connectivity index (χ2n) is 3.87. The molecule has 0 aliphatic rings. The number of esters is 1. The smallest absolute Gasteiger partial charge is 0.309 e. The van der Waals surface area contributed by atoms with Gasteiger partial charge in [-0.25, -0.2) is 0 Å². The molecule has 18 heavy (non-hydrogen) atoms. The Morgan fingerprint density at radius 3 is 2.28 bits per heavy atom. The van der Waals surface area contributed by atoms with Crippen LogP contribution in [0.1, 0.15) is 12.0 Å². The lowest BCUT2D eigenvalue weighted by atomic mass is 9.96. The highest BCUT2D eigenvalue weighted by Crippen LogP contribution is 2.17. The van der Waals surface area contributed by atoms with E-state index in [0.29, 0.717) is 12.2 Å². The number of hydrogen-bond donors (Lipinski definition) is 1. The van der Waals surface area contributed by atoms with E-state index in [2.05, 4.69) is 4.74 Å². The minimum Gasteiger partial charge on any atom is -0.497 e. The molecular weight excluding hydrogens is 236 g/mol. The summed E-state index contributed by atoms with van der Waals surface area (Å²) in [5, 5.41) is 8.76. The summed E-state index contributed by atoms with van der Waals surface area (Å²) in [5.41, 5.74) is 0.868. The first-order valence-electron chi connectivity index (χ1n) is 5.49. The van der Waals surface area contributed by atoms with Gasteiger partial charge in [-0.1, -0.05) is 12.1 Å². The van der Waals surface area contributed by atoms with E-state index in [1.54, 1.807) is 31.4 Å². The van der Waals surface area contributed by atoms with Crippen molar-refractivity contribution in [3.05, 3.63) is 29.8 Å². The van der Waals surface area contributed by atoms with Gasteiger partial charge >= 0.3 is 11.9 Å².